The van der Waals surface area contributed by atoms with E-state index in [4.69, 9.17) is 22.1 Å². The van der Waals surface area contributed by atoms with Crippen LogP contribution in [0.4, 0.5) is 10.5 Å². The van der Waals surface area contributed by atoms with Crippen LogP contribution in [0.15, 0.2) is 42.5 Å². The van der Waals surface area contributed by atoms with Crippen molar-refractivity contribution in [1.82, 2.24) is 5.32 Å². The van der Waals surface area contributed by atoms with Gasteiger partial charge in [0.1, 0.15) is 0 Å². The van der Waals surface area contributed by atoms with Gasteiger partial charge in [0.15, 0.2) is 6.61 Å². The first-order valence-electron chi connectivity index (χ1n) is 8.59. The average molecular weight is 404 g/mol. The second-order valence-corrected chi connectivity index (χ2v) is 6.72. The van der Waals surface area contributed by atoms with Crippen LogP contribution in [0, 0.1) is 13.8 Å². The third-order valence-corrected chi connectivity index (χ3v) is 4.33. The Morgan fingerprint density at radius 1 is 1.14 bits per heavy atom. The van der Waals surface area contributed by atoms with Crippen molar-refractivity contribution in [3.8, 4) is 0 Å². The number of nitrogens with two attached hydrogens (primary N) is 1. The molecule has 8 heteroatoms. The fourth-order valence-electron chi connectivity index (χ4n) is 2.68. The van der Waals surface area contributed by atoms with E-state index in [9.17, 15) is 14.4 Å². The van der Waals surface area contributed by atoms with Gasteiger partial charge in [0, 0.05) is 10.7 Å². The molecule has 0 aromatic heterocycles. The third-order valence-electron chi connectivity index (χ3n) is 3.99. The first-order valence-corrected chi connectivity index (χ1v) is 8.97. The van der Waals surface area contributed by atoms with E-state index in [-0.39, 0.29) is 6.42 Å². The molecule has 0 radical (unpaired) electrons. The Bertz CT molecular complexity index is 886. The van der Waals surface area contributed by atoms with Crippen molar-refractivity contribution in [3.63, 3.8) is 0 Å². The molecule has 0 unspecified atom stereocenters. The average Bonchev–Trinajstić information content (AvgIpc) is 2.62. The number of nitrogens with one attached hydrogen (secondary N) is 2. The van der Waals surface area contributed by atoms with Crippen LogP contribution in [0.25, 0.3) is 0 Å². The highest BCUT2D eigenvalue weighted by Gasteiger charge is 2.21. The standard InChI is InChI=1S/C20H22ClN3O4/c1-12-7-8-16(13(2)9-12)23-18(25)11-28-19(26)10-17(24-20(22)27)14-5-3-4-6-15(14)21/h3-9,17H,10-11H2,1-2H3,(H,23,25)(H3,22,24,27)/t17-/m0/s1. The Morgan fingerprint density at radius 2 is 1.86 bits per heavy atom. The summed E-state index contributed by atoms with van der Waals surface area (Å²) in [6.45, 7) is 3.38. The van der Waals surface area contributed by atoms with Gasteiger partial charge in [-0.05, 0) is 37.1 Å². The maximum absolute atomic E-state index is 12.2. The molecule has 148 valence electrons. The highest BCUT2D eigenvalue weighted by atomic mass is 35.5. The van der Waals surface area contributed by atoms with Crippen molar-refractivity contribution < 1.29 is 19.1 Å². The molecule has 0 bridgehead atoms. The SMILES string of the molecule is Cc1ccc(NC(=O)COC(=O)C[C@H](NC(N)=O)c2ccccc2Cl)c(C)c1. The van der Waals surface area contributed by atoms with E-state index >= 15 is 0 Å². The van der Waals surface area contributed by atoms with Crippen LogP contribution in [-0.4, -0.2) is 24.5 Å². The van der Waals surface area contributed by atoms with Crippen molar-refractivity contribution in [1.29, 1.82) is 0 Å². The topological polar surface area (TPSA) is 111 Å². The fraction of sp³-hybridized carbons (Fsp3) is 0.250. The van der Waals surface area contributed by atoms with Gasteiger partial charge >= 0.3 is 12.0 Å². The lowest BCUT2D eigenvalue weighted by Gasteiger charge is -2.18. The van der Waals surface area contributed by atoms with Crippen molar-refractivity contribution in [2.75, 3.05) is 11.9 Å². The summed E-state index contributed by atoms with van der Waals surface area (Å²) in [7, 11) is 0. The van der Waals surface area contributed by atoms with Crippen LogP contribution < -0.4 is 16.4 Å². The Hall–Kier alpha value is -3.06. The molecular formula is C20H22ClN3O4. The number of hydrogen-bond acceptors (Lipinski definition) is 4. The van der Waals surface area contributed by atoms with Crippen LogP contribution in [0.1, 0.15) is 29.2 Å². The summed E-state index contributed by atoms with van der Waals surface area (Å²) in [5.41, 5.74) is 8.34. The number of carbonyl (C=O) groups excluding carboxylic acids is 3. The quantitative estimate of drug-likeness (QED) is 0.616. The summed E-state index contributed by atoms with van der Waals surface area (Å²) in [4.78, 5) is 35.4. The first kappa shape index (κ1) is 21.2. The molecule has 0 heterocycles. The largest absolute Gasteiger partial charge is 0.455 e. The molecule has 28 heavy (non-hydrogen) atoms. The van der Waals surface area contributed by atoms with Gasteiger partial charge in [0.2, 0.25) is 0 Å². The predicted octanol–water partition coefficient (Wildman–Crippen LogP) is 3.24. The maximum Gasteiger partial charge on any atom is 0.312 e. The van der Waals surface area contributed by atoms with E-state index in [1.807, 2.05) is 26.0 Å². The number of esters is 1. The first-order chi connectivity index (χ1) is 13.3. The number of aryl methyl sites for hydroxylation is 2. The zero-order valence-electron chi connectivity index (χ0n) is 15.6. The third kappa shape index (κ3) is 6.28. The lowest BCUT2D eigenvalue weighted by atomic mass is 10.0. The van der Waals surface area contributed by atoms with Crippen LogP contribution in [0.3, 0.4) is 0 Å². The zero-order chi connectivity index (χ0) is 20.7. The second kappa shape index (κ2) is 9.75. The number of primary amides is 1. The Labute approximate surface area is 168 Å². The number of amides is 3. The molecule has 0 saturated carbocycles. The van der Waals surface area contributed by atoms with E-state index in [1.54, 1.807) is 30.3 Å². The molecule has 0 spiro atoms. The number of halogens is 1. The van der Waals surface area contributed by atoms with Gasteiger partial charge < -0.3 is 21.1 Å². The van der Waals surface area contributed by atoms with Crippen LogP contribution in [0.5, 0.6) is 0 Å². The molecule has 2 rings (SSSR count). The van der Waals surface area contributed by atoms with Crippen LogP contribution >= 0.6 is 11.6 Å². The number of urea groups is 1. The van der Waals surface area contributed by atoms with Gasteiger partial charge in [-0.1, -0.05) is 47.5 Å². The Kier molecular flexibility index (Phi) is 7.40. The van der Waals surface area contributed by atoms with Crippen molar-refractivity contribution in [3.05, 3.63) is 64.2 Å². The van der Waals surface area contributed by atoms with Gasteiger partial charge in [-0.15, -0.1) is 0 Å². The minimum atomic E-state index is -0.801. The predicted molar refractivity (Wildman–Crippen MR) is 107 cm³/mol. The smallest absolute Gasteiger partial charge is 0.312 e. The summed E-state index contributed by atoms with van der Waals surface area (Å²) in [5.74, 6) is -1.13. The van der Waals surface area contributed by atoms with Gasteiger partial charge in [0.05, 0.1) is 12.5 Å². The lowest BCUT2D eigenvalue weighted by molar-refractivity contribution is -0.147. The molecule has 0 fully saturated rings. The van der Waals surface area contributed by atoms with Crippen molar-refractivity contribution in [2.24, 2.45) is 5.73 Å². The van der Waals surface area contributed by atoms with E-state index in [0.717, 1.165) is 11.1 Å². The summed E-state index contributed by atoms with van der Waals surface area (Å²) in [6, 6.07) is 10.8. The number of hydrogen-bond donors (Lipinski definition) is 3. The Balaban J connectivity index is 1.94. The van der Waals surface area contributed by atoms with Gasteiger partial charge in [0.25, 0.3) is 5.91 Å². The molecule has 2 aromatic carbocycles. The fourth-order valence-corrected chi connectivity index (χ4v) is 2.95. The molecule has 1 atom stereocenters. The molecule has 0 aliphatic carbocycles. The molecule has 3 amide bonds. The highest BCUT2D eigenvalue weighted by Crippen LogP contribution is 2.25. The molecule has 0 saturated heterocycles. The minimum Gasteiger partial charge on any atom is -0.455 e. The number of benzene rings is 2. The van der Waals surface area contributed by atoms with E-state index in [1.165, 1.54) is 0 Å². The zero-order valence-corrected chi connectivity index (χ0v) is 16.4. The Morgan fingerprint density at radius 3 is 2.50 bits per heavy atom. The number of rotatable bonds is 7. The van der Waals surface area contributed by atoms with Gasteiger partial charge in [-0.25, -0.2) is 4.79 Å². The molecular weight excluding hydrogens is 382 g/mol. The molecule has 4 N–H and O–H groups in total. The van der Waals surface area contributed by atoms with Crippen LogP contribution in [-0.2, 0) is 14.3 Å². The summed E-state index contributed by atoms with van der Waals surface area (Å²) in [6.07, 6.45) is -0.219. The van der Waals surface area contributed by atoms with Crippen molar-refractivity contribution in [2.45, 2.75) is 26.3 Å². The highest BCUT2D eigenvalue weighted by molar-refractivity contribution is 6.31. The van der Waals surface area contributed by atoms with E-state index in [2.05, 4.69) is 10.6 Å². The maximum atomic E-state index is 12.2. The molecule has 0 aliphatic heterocycles. The second-order valence-electron chi connectivity index (χ2n) is 6.31. The number of ether oxygens (including phenoxy) is 1. The minimum absolute atomic E-state index is 0.219. The van der Waals surface area contributed by atoms with Crippen molar-refractivity contribution >= 4 is 35.2 Å². The summed E-state index contributed by atoms with van der Waals surface area (Å²) in [5, 5.41) is 5.53. The molecule has 2 aromatic rings. The van der Waals surface area contributed by atoms with E-state index < -0.39 is 30.6 Å². The summed E-state index contributed by atoms with van der Waals surface area (Å²) < 4.78 is 5.03. The van der Waals surface area contributed by atoms with Crippen LogP contribution in [0.2, 0.25) is 5.02 Å². The lowest BCUT2D eigenvalue weighted by Crippen LogP contribution is -2.35. The van der Waals surface area contributed by atoms with E-state index in [0.29, 0.717) is 16.3 Å². The molecule has 7 nitrogen and oxygen atoms in total. The monoisotopic (exact) mass is 403 g/mol. The number of anilines is 1. The van der Waals surface area contributed by atoms with Gasteiger partial charge in [-0.3, -0.25) is 9.59 Å². The normalized spacial score (nSPS) is 11.4. The number of carbonyl (C=O) groups is 3. The summed E-state index contributed by atoms with van der Waals surface area (Å²) >= 11 is 6.12. The van der Waals surface area contributed by atoms with Gasteiger partial charge in [-0.2, -0.15) is 0 Å². The molecule has 0 aliphatic rings.